The van der Waals surface area contributed by atoms with Crippen molar-refractivity contribution in [2.75, 3.05) is 18.9 Å². The van der Waals surface area contributed by atoms with Crippen molar-refractivity contribution in [3.8, 4) is 11.5 Å². The second-order valence-electron chi connectivity index (χ2n) is 6.81. The van der Waals surface area contributed by atoms with E-state index in [1.165, 1.54) is 31.9 Å². The van der Waals surface area contributed by atoms with E-state index in [4.69, 9.17) is 9.47 Å². The van der Waals surface area contributed by atoms with Crippen LogP contribution in [0.2, 0.25) is 0 Å². The van der Waals surface area contributed by atoms with Gasteiger partial charge in [0, 0.05) is 6.07 Å². The van der Waals surface area contributed by atoms with Gasteiger partial charge in [-0.25, -0.2) is 8.42 Å². The molecule has 0 unspecified atom stereocenters. The first-order chi connectivity index (χ1) is 13.7. The summed E-state index contributed by atoms with van der Waals surface area (Å²) in [7, 11) is -0.944. The van der Waals surface area contributed by atoms with Crippen molar-refractivity contribution in [1.82, 2.24) is 9.78 Å². The third-order valence-electron chi connectivity index (χ3n) is 4.73. The highest BCUT2D eigenvalue weighted by atomic mass is 32.2. The Morgan fingerprint density at radius 3 is 2.31 bits per heavy atom. The average Bonchev–Trinajstić information content (AvgIpc) is 2.96. The number of anilines is 1. The number of ether oxygens (including phenoxy) is 2. The van der Waals surface area contributed by atoms with Gasteiger partial charge in [-0.2, -0.15) is 5.10 Å². The number of sulfonamides is 1. The molecule has 0 bridgehead atoms. The van der Waals surface area contributed by atoms with Crippen molar-refractivity contribution in [3.63, 3.8) is 0 Å². The molecule has 0 fully saturated rings. The van der Waals surface area contributed by atoms with E-state index in [-0.39, 0.29) is 10.6 Å². The van der Waals surface area contributed by atoms with E-state index < -0.39 is 10.0 Å². The first kappa shape index (κ1) is 20.7. The van der Waals surface area contributed by atoms with E-state index >= 15 is 0 Å². The fourth-order valence-corrected chi connectivity index (χ4v) is 4.38. The van der Waals surface area contributed by atoms with Crippen molar-refractivity contribution in [2.24, 2.45) is 0 Å². The van der Waals surface area contributed by atoms with Gasteiger partial charge in [0.2, 0.25) is 0 Å². The second kappa shape index (κ2) is 8.16. The van der Waals surface area contributed by atoms with Gasteiger partial charge in [-0.05, 0) is 38.5 Å². The van der Waals surface area contributed by atoms with Gasteiger partial charge in [0.15, 0.2) is 0 Å². The quantitative estimate of drug-likeness (QED) is 0.637. The fourth-order valence-electron chi connectivity index (χ4n) is 3.05. The summed E-state index contributed by atoms with van der Waals surface area (Å²) in [6, 6.07) is 12.7. The molecule has 7 nitrogen and oxygen atoms in total. The summed E-state index contributed by atoms with van der Waals surface area (Å²) in [6.07, 6.45) is 0. The molecule has 154 valence electrons. The summed E-state index contributed by atoms with van der Waals surface area (Å²) in [6.45, 7) is 6.22. The lowest BCUT2D eigenvalue weighted by Crippen LogP contribution is -2.15. The Kier molecular flexibility index (Phi) is 5.83. The molecule has 3 rings (SSSR count). The summed E-state index contributed by atoms with van der Waals surface area (Å²) in [5, 5.41) is 4.51. The van der Waals surface area contributed by atoms with Gasteiger partial charge in [0.1, 0.15) is 16.4 Å². The standard InChI is InChI=1S/C21H25N3O4S/c1-14-6-8-17(9-7-14)13-24-16(3)21(15(2)22-24)23-29(25,26)20-11-10-18(27-4)12-19(20)28-5/h6-12,23H,13H2,1-5H3. The molecule has 0 amide bonds. The zero-order chi connectivity index (χ0) is 21.2. The molecule has 0 aliphatic carbocycles. The van der Waals surface area contributed by atoms with Crippen LogP contribution in [0.25, 0.3) is 0 Å². The van der Waals surface area contributed by atoms with Gasteiger partial charge >= 0.3 is 0 Å². The number of benzene rings is 2. The van der Waals surface area contributed by atoms with E-state index in [1.54, 1.807) is 17.7 Å². The maximum atomic E-state index is 13.0. The Morgan fingerprint density at radius 1 is 1.00 bits per heavy atom. The van der Waals surface area contributed by atoms with Crippen molar-refractivity contribution < 1.29 is 17.9 Å². The zero-order valence-corrected chi connectivity index (χ0v) is 18.0. The number of rotatable bonds is 7. The van der Waals surface area contributed by atoms with Crippen LogP contribution in [-0.2, 0) is 16.6 Å². The SMILES string of the molecule is COc1ccc(S(=O)(=O)Nc2c(C)nn(Cc3ccc(C)cc3)c2C)c(OC)c1. The highest BCUT2D eigenvalue weighted by Crippen LogP contribution is 2.31. The molecule has 0 saturated carbocycles. The van der Waals surface area contributed by atoms with Crippen LogP contribution >= 0.6 is 0 Å². The van der Waals surface area contributed by atoms with E-state index in [0.29, 0.717) is 23.7 Å². The number of nitrogens with zero attached hydrogens (tertiary/aromatic N) is 2. The van der Waals surface area contributed by atoms with Gasteiger partial charge in [-0.1, -0.05) is 29.8 Å². The molecule has 0 aliphatic heterocycles. The topological polar surface area (TPSA) is 82.5 Å². The largest absolute Gasteiger partial charge is 0.497 e. The lowest BCUT2D eigenvalue weighted by molar-refractivity contribution is 0.386. The molecule has 0 spiro atoms. The molecular formula is C21H25N3O4S. The zero-order valence-electron chi connectivity index (χ0n) is 17.2. The number of methoxy groups -OCH3 is 2. The van der Waals surface area contributed by atoms with Crippen LogP contribution in [-0.4, -0.2) is 32.4 Å². The van der Waals surface area contributed by atoms with Crippen molar-refractivity contribution in [3.05, 3.63) is 65.0 Å². The Hall–Kier alpha value is -3.00. The molecule has 1 heterocycles. The van der Waals surface area contributed by atoms with Gasteiger partial charge in [-0.15, -0.1) is 0 Å². The second-order valence-corrected chi connectivity index (χ2v) is 8.46. The molecule has 1 aromatic heterocycles. The van der Waals surface area contributed by atoms with Gasteiger partial charge < -0.3 is 9.47 Å². The normalized spacial score (nSPS) is 11.3. The minimum Gasteiger partial charge on any atom is -0.497 e. The molecule has 0 atom stereocenters. The van der Waals surface area contributed by atoms with Crippen LogP contribution in [0.5, 0.6) is 11.5 Å². The summed E-state index contributed by atoms with van der Waals surface area (Å²) in [5.74, 6) is 0.721. The first-order valence-electron chi connectivity index (χ1n) is 9.09. The molecule has 0 radical (unpaired) electrons. The van der Waals surface area contributed by atoms with Crippen LogP contribution in [0.15, 0.2) is 47.4 Å². The molecule has 2 aromatic carbocycles. The summed E-state index contributed by atoms with van der Waals surface area (Å²) in [5.41, 5.74) is 4.08. The van der Waals surface area contributed by atoms with E-state index in [0.717, 1.165) is 11.3 Å². The number of nitrogens with one attached hydrogen (secondary N) is 1. The maximum Gasteiger partial charge on any atom is 0.265 e. The number of hydrogen-bond acceptors (Lipinski definition) is 5. The van der Waals surface area contributed by atoms with Crippen LogP contribution < -0.4 is 14.2 Å². The van der Waals surface area contributed by atoms with Gasteiger partial charge in [-0.3, -0.25) is 9.40 Å². The van der Waals surface area contributed by atoms with Crippen molar-refractivity contribution in [1.29, 1.82) is 0 Å². The van der Waals surface area contributed by atoms with Crippen LogP contribution in [0.3, 0.4) is 0 Å². The maximum absolute atomic E-state index is 13.0. The molecule has 0 saturated heterocycles. The average molecular weight is 416 g/mol. The van der Waals surface area contributed by atoms with E-state index in [1.807, 2.05) is 38.1 Å². The minimum atomic E-state index is -3.88. The highest BCUT2D eigenvalue weighted by molar-refractivity contribution is 7.92. The Morgan fingerprint density at radius 2 is 1.69 bits per heavy atom. The van der Waals surface area contributed by atoms with E-state index in [9.17, 15) is 8.42 Å². The van der Waals surface area contributed by atoms with Gasteiger partial charge in [0.25, 0.3) is 10.0 Å². The molecule has 3 aromatic rings. The predicted octanol–water partition coefficient (Wildman–Crippen LogP) is 3.67. The minimum absolute atomic E-state index is 0.0332. The van der Waals surface area contributed by atoms with Crippen LogP contribution in [0.4, 0.5) is 5.69 Å². The Labute approximate surface area is 171 Å². The molecule has 8 heteroatoms. The number of aryl methyl sites for hydroxylation is 2. The lowest BCUT2D eigenvalue weighted by atomic mass is 10.1. The Balaban J connectivity index is 1.92. The number of hydrogen-bond donors (Lipinski definition) is 1. The predicted molar refractivity (Wildman–Crippen MR) is 112 cm³/mol. The monoisotopic (exact) mass is 415 g/mol. The van der Waals surface area contributed by atoms with Crippen molar-refractivity contribution in [2.45, 2.75) is 32.2 Å². The molecule has 1 N–H and O–H groups in total. The highest BCUT2D eigenvalue weighted by Gasteiger charge is 2.24. The van der Waals surface area contributed by atoms with Crippen LogP contribution in [0, 0.1) is 20.8 Å². The summed E-state index contributed by atoms with van der Waals surface area (Å²) >= 11 is 0. The smallest absolute Gasteiger partial charge is 0.265 e. The number of aromatic nitrogens is 2. The van der Waals surface area contributed by atoms with Crippen molar-refractivity contribution >= 4 is 15.7 Å². The van der Waals surface area contributed by atoms with E-state index in [2.05, 4.69) is 9.82 Å². The summed E-state index contributed by atoms with van der Waals surface area (Å²) in [4.78, 5) is 0.0332. The Bertz CT molecular complexity index is 1120. The van der Waals surface area contributed by atoms with Crippen LogP contribution in [0.1, 0.15) is 22.5 Å². The molecular weight excluding hydrogens is 390 g/mol. The third-order valence-corrected chi connectivity index (χ3v) is 6.12. The summed E-state index contributed by atoms with van der Waals surface area (Å²) < 4.78 is 40.9. The lowest BCUT2D eigenvalue weighted by Gasteiger charge is -2.13. The molecule has 29 heavy (non-hydrogen) atoms. The van der Waals surface area contributed by atoms with Gasteiger partial charge in [0.05, 0.1) is 37.8 Å². The third kappa shape index (κ3) is 4.37. The molecule has 0 aliphatic rings. The fraction of sp³-hybridized carbons (Fsp3) is 0.286. The first-order valence-corrected chi connectivity index (χ1v) is 10.6.